The quantitative estimate of drug-likeness (QED) is 0.174. The van der Waals surface area contributed by atoms with Crippen LogP contribution in [-0.4, -0.2) is 10.4 Å². The van der Waals surface area contributed by atoms with Crippen molar-refractivity contribution >= 4 is 54.9 Å². The van der Waals surface area contributed by atoms with Gasteiger partial charge in [0.1, 0.15) is 5.84 Å². The van der Waals surface area contributed by atoms with E-state index in [2.05, 4.69) is 212 Å². The number of nitrogens with zero attached hydrogens (tertiary/aromatic N) is 2. The number of para-hydroxylation sites is 1. The summed E-state index contributed by atoms with van der Waals surface area (Å²) in [6, 6.07) is 70.6. The second-order valence-corrected chi connectivity index (χ2v) is 16.7. The fourth-order valence-corrected chi connectivity index (χ4v) is 10.3. The van der Waals surface area contributed by atoms with Crippen molar-refractivity contribution in [3.05, 3.63) is 228 Å². The van der Waals surface area contributed by atoms with E-state index in [4.69, 9.17) is 4.99 Å². The van der Waals surface area contributed by atoms with Gasteiger partial charge in [-0.05, 0) is 90.3 Å². The molecule has 3 heteroatoms. The van der Waals surface area contributed by atoms with Crippen LogP contribution in [0.4, 0.5) is 0 Å². The van der Waals surface area contributed by atoms with E-state index in [0.717, 1.165) is 28.3 Å². The van der Waals surface area contributed by atoms with E-state index in [-0.39, 0.29) is 11.5 Å². The summed E-state index contributed by atoms with van der Waals surface area (Å²) in [4.78, 5) is 5.06. The van der Waals surface area contributed by atoms with E-state index in [1.807, 2.05) is 12.1 Å². The Morgan fingerprint density at radius 1 is 0.467 bits per heavy atom. The first kappa shape index (κ1) is 34.5. The number of rotatable bonds is 5. The molecule has 284 valence electrons. The molecule has 1 atom stereocenters. The molecule has 1 aliphatic heterocycles. The number of aromatic nitrogens is 1. The van der Waals surface area contributed by atoms with E-state index in [9.17, 15) is 0 Å². The Morgan fingerprint density at radius 2 is 1.03 bits per heavy atom. The number of aliphatic imine (C=N–C) groups is 1. The fourth-order valence-electron chi connectivity index (χ4n) is 10.3. The normalized spacial score (nSPS) is 15.5. The Labute approximate surface area is 349 Å². The molecular weight excluding hydrogens is 727 g/mol. The first-order chi connectivity index (χ1) is 29.5. The van der Waals surface area contributed by atoms with Gasteiger partial charge in [-0.3, -0.25) is 0 Å². The van der Waals surface area contributed by atoms with Gasteiger partial charge in [-0.25, -0.2) is 4.99 Å². The van der Waals surface area contributed by atoms with E-state index in [1.54, 1.807) is 0 Å². The van der Waals surface area contributed by atoms with Crippen LogP contribution in [0.2, 0.25) is 0 Å². The molecular formula is C57H41N3. The summed E-state index contributed by atoms with van der Waals surface area (Å²) >= 11 is 0. The first-order valence-electron chi connectivity index (χ1n) is 20.9. The van der Waals surface area contributed by atoms with Gasteiger partial charge >= 0.3 is 0 Å². The highest BCUT2D eigenvalue weighted by atomic mass is 15.0. The summed E-state index contributed by atoms with van der Waals surface area (Å²) in [6.07, 6.45) is 2.23. The van der Waals surface area contributed by atoms with Gasteiger partial charge < -0.3 is 9.88 Å². The van der Waals surface area contributed by atoms with Crippen LogP contribution in [0.1, 0.15) is 47.7 Å². The van der Waals surface area contributed by atoms with E-state index in [1.165, 1.54) is 82.3 Å². The zero-order valence-corrected chi connectivity index (χ0v) is 33.5. The molecule has 60 heavy (non-hydrogen) atoms. The molecule has 1 N–H and O–H groups in total. The predicted octanol–water partition coefficient (Wildman–Crippen LogP) is 14.2. The van der Waals surface area contributed by atoms with Crippen LogP contribution in [0, 0.1) is 0 Å². The minimum absolute atomic E-state index is 0.0206. The summed E-state index contributed by atoms with van der Waals surface area (Å²) in [7, 11) is 0. The van der Waals surface area contributed by atoms with E-state index < -0.39 is 0 Å². The van der Waals surface area contributed by atoms with Crippen molar-refractivity contribution in [3.8, 4) is 27.9 Å². The lowest BCUT2D eigenvalue weighted by Gasteiger charge is -2.25. The molecule has 0 spiro atoms. The lowest BCUT2D eigenvalue weighted by Crippen LogP contribution is -2.31. The van der Waals surface area contributed by atoms with Gasteiger partial charge in [0.05, 0.1) is 22.8 Å². The number of benzene rings is 9. The average Bonchev–Trinajstić information content (AvgIpc) is 3.78. The number of amidine groups is 1. The van der Waals surface area contributed by atoms with Crippen LogP contribution < -0.4 is 5.32 Å². The molecule has 0 bridgehead atoms. The van der Waals surface area contributed by atoms with Crippen molar-refractivity contribution in [2.75, 3.05) is 0 Å². The highest BCUT2D eigenvalue weighted by Gasteiger charge is 2.41. The van der Waals surface area contributed by atoms with Crippen molar-refractivity contribution in [2.24, 2.45) is 4.99 Å². The molecule has 2 heterocycles. The Morgan fingerprint density at radius 3 is 1.73 bits per heavy atom. The summed E-state index contributed by atoms with van der Waals surface area (Å²) in [5.41, 5.74) is 15.7. The maximum atomic E-state index is 5.06. The summed E-state index contributed by atoms with van der Waals surface area (Å²) in [5.74, 6) is 0.881. The maximum Gasteiger partial charge on any atom is 0.134 e. The molecule has 10 aromatic rings. The smallest absolute Gasteiger partial charge is 0.134 e. The standard InChI is InChI=1S/C57H41N3/c1-57(2)53-46-23-12-10-20-43(46)42-19-9-11-22-45(42)52(53)48-34-33-47-44-21-13-14-24-51(44)60(55(47)54(48)57)41-31-29-37(30-32-41)36-25-27-39(28-26-36)50-35-49(38-15-5-3-6-16-38)58-56(59-50)40-17-7-4-8-18-40/h3-35,50H,1-2H3,(H,58,59). The van der Waals surface area contributed by atoms with Crippen LogP contribution in [0.5, 0.6) is 0 Å². The maximum absolute atomic E-state index is 5.06. The van der Waals surface area contributed by atoms with Crippen molar-refractivity contribution in [1.82, 2.24) is 9.88 Å². The monoisotopic (exact) mass is 767 g/mol. The number of hydrogen-bond acceptors (Lipinski definition) is 2. The summed E-state index contributed by atoms with van der Waals surface area (Å²) in [6.45, 7) is 4.87. The van der Waals surface area contributed by atoms with E-state index in [0.29, 0.717) is 0 Å². The van der Waals surface area contributed by atoms with Gasteiger partial charge in [0.25, 0.3) is 0 Å². The first-order valence-corrected chi connectivity index (χ1v) is 20.9. The van der Waals surface area contributed by atoms with Crippen LogP contribution in [-0.2, 0) is 5.41 Å². The van der Waals surface area contributed by atoms with Crippen molar-refractivity contribution in [2.45, 2.75) is 25.3 Å². The van der Waals surface area contributed by atoms with Gasteiger partial charge in [0.15, 0.2) is 0 Å². The van der Waals surface area contributed by atoms with Gasteiger partial charge in [-0.15, -0.1) is 0 Å². The van der Waals surface area contributed by atoms with E-state index >= 15 is 0 Å². The zero-order valence-electron chi connectivity index (χ0n) is 33.5. The number of nitrogens with one attached hydrogen (secondary N) is 1. The minimum atomic E-state index is -0.237. The molecule has 1 unspecified atom stereocenters. The van der Waals surface area contributed by atoms with Gasteiger partial charge in [0.2, 0.25) is 0 Å². The Kier molecular flexibility index (Phi) is 7.64. The molecule has 0 amide bonds. The Hall–Kier alpha value is -7.49. The van der Waals surface area contributed by atoms with Crippen molar-refractivity contribution in [3.63, 3.8) is 0 Å². The molecule has 2 aliphatic rings. The van der Waals surface area contributed by atoms with Crippen LogP contribution in [0.25, 0.3) is 77.0 Å². The zero-order chi connectivity index (χ0) is 40.0. The minimum Gasteiger partial charge on any atom is -0.359 e. The molecule has 1 aliphatic carbocycles. The van der Waals surface area contributed by atoms with Gasteiger partial charge in [-0.2, -0.15) is 0 Å². The summed E-state index contributed by atoms with van der Waals surface area (Å²) < 4.78 is 2.52. The highest BCUT2D eigenvalue weighted by Crippen LogP contribution is 2.57. The fraction of sp³-hybridized carbons (Fsp3) is 0.0702. The third-order valence-corrected chi connectivity index (χ3v) is 13.0. The predicted molar refractivity (Wildman–Crippen MR) is 252 cm³/mol. The third-order valence-electron chi connectivity index (χ3n) is 13.0. The average molecular weight is 768 g/mol. The van der Waals surface area contributed by atoms with Gasteiger partial charge in [-0.1, -0.05) is 190 Å². The Bertz CT molecular complexity index is 3390. The lowest BCUT2D eigenvalue weighted by molar-refractivity contribution is 0.670. The molecule has 0 saturated carbocycles. The second kappa shape index (κ2) is 13.3. The van der Waals surface area contributed by atoms with Crippen LogP contribution in [0.3, 0.4) is 0 Å². The molecule has 3 nitrogen and oxygen atoms in total. The van der Waals surface area contributed by atoms with Crippen molar-refractivity contribution in [1.29, 1.82) is 0 Å². The SMILES string of the molecule is CC1(C)c2c(c3ccccc3c3ccccc23)-c2ccc3c4ccccc4n(-c4ccc(-c5ccc(C6C=C(c7ccccc7)N=C(c7ccccc7)N6)cc5)cc4)c3c21. The lowest BCUT2D eigenvalue weighted by atomic mass is 9.78. The number of fused-ring (bicyclic) bond motifs is 12. The molecule has 0 fully saturated rings. The largest absolute Gasteiger partial charge is 0.359 e. The van der Waals surface area contributed by atoms with Gasteiger partial charge in [0, 0.05) is 27.4 Å². The topological polar surface area (TPSA) is 29.3 Å². The molecule has 0 saturated heterocycles. The number of hydrogen-bond donors (Lipinski definition) is 1. The third kappa shape index (κ3) is 5.19. The Balaban J connectivity index is 0.949. The summed E-state index contributed by atoms with van der Waals surface area (Å²) in [5, 5.41) is 11.6. The van der Waals surface area contributed by atoms with Crippen molar-refractivity contribution < 1.29 is 0 Å². The second-order valence-electron chi connectivity index (χ2n) is 16.7. The molecule has 1 aromatic heterocycles. The molecule has 12 rings (SSSR count). The van der Waals surface area contributed by atoms with Crippen LogP contribution >= 0.6 is 0 Å². The molecule has 9 aromatic carbocycles. The van der Waals surface area contributed by atoms with Crippen LogP contribution in [0.15, 0.2) is 205 Å². The highest BCUT2D eigenvalue weighted by molar-refractivity contribution is 6.21. The molecule has 0 radical (unpaired) electrons.